The Labute approximate surface area is 125 Å². The van der Waals surface area contributed by atoms with Gasteiger partial charge in [0.1, 0.15) is 0 Å². The Morgan fingerprint density at radius 3 is 2.76 bits per heavy atom. The molecule has 0 saturated heterocycles. The van der Waals surface area contributed by atoms with Crippen LogP contribution < -0.4 is 11.1 Å². The number of fused-ring (bicyclic) bond motifs is 1. The third kappa shape index (κ3) is 2.92. The molecule has 2 aromatic rings. The van der Waals surface area contributed by atoms with Gasteiger partial charge in [-0.2, -0.15) is 0 Å². The zero-order valence-electron chi connectivity index (χ0n) is 12.2. The first kappa shape index (κ1) is 13.7. The van der Waals surface area contributed by atoms with Gasteiger partial charge in [0.15, 0.2) is 0 Å². The SMILES string of the molecule is Cc1ccc(N)cc1C(=O)NC1CCc2ccccc2C1. The van der Waals surface area contributed by atoms with Gasteiger partial charge in [-0.15, -0.1) is 0 Å². The van der Waals surface area contributed by atoms with Crippen molar-refractivity contribution >= 4 is 11.6 Å². The number of nitrogen functional groups attached to an aromatic ring is 1. The van der Waals surface area contributed by atoms with Crippen LogP contribution in [0, 0.1) is 6.92 Å². The molecular formula is C18H20N2O. The summed E-state index contributed by atoms with van der Waals surface area (Å²) in [6.07, 6.45) is 2.92. The number of nitrogens with one attached hydrogen (secondary N) is 1. The molecule has 3 N–H and O–H groups in total. The normalized spacial score (nSPS) is 17.1. The lowest BCUT2D eigenvalue weighted by Crippen LogP contribution is -2.39. The lowest BCUT2D eigenvalue weighted by Gasteiger charge is -2.25. The lowest BCUT2D eigenvalue weighted by atomic mass is 9.88. The number of benzene rings is 2. The Kier molecular flexibility index (Phi) is 3.65. The minimum absolute atomic E-state index is 0.0239. The molecule has 3 nitrogen and oxygen atoms in total. The van der Waals surface area contributed by atoms with Crippen LogP contribution in [-0.2, 0) is 12.8 Å². The van der Waals surface area contributed by atoms with Gasteiger partial charge in [0, 0.05) is 17.3 Å². The molecule has 0 saturated carbocycles. The first-order valence-corrected chi connectivity index (χ1v) is 7.37. The highest BCUT2D eigenvalue weighted by atomic mass is 16.1. The summed E-state index contributed by atoms with van der Waals surface area (Å²) < 4.78 is 0. The fourth-order valence-corrected chi connectivity index (χ4v) is 2.97. The van der Waals surface area contributed by atoms with Crippen molar-refractivity contribution in [3.8, 4) is 0 Å². The van der Waals surface area contributed by atoms with Crippen LogP contribution in [0.25, 0.3) is 0 Å². The lowest BCUT2D eigenvalue weighted by molar-refractivity contribution is 0.0933. The first-order chi connectivity index (χ1) is 10.1. The van der Waals surface area contributed by atoms with E-state index in [9.17, 15) is 4.79 Å². The summed E-state index contributed by atoms with van der Waals surface area (Å²) in [7, 11) is 0. The van der Waals surface area contributed by atoms with Crippen LogP contribution in [0.3, 0.4) is 0 Å². The number of hydrogen-bond donors (Lipinski definition) is 2. The van der Waals surface area contributed by atoms with Crippen molar-refractivity contribution < 1.29 is 4.79 Å². The smallest absolute Gasteiger partial charge is 0.251 e. The molecule has 1 aliphatic rings. The van der Waals surface area contributed by atoms with Crippen LogP contribution in [0.2, 0.25) is 0 Å². The summed E-state index contributed by atoms with van der Waals surface area (Å²) in [6.45, 7) is 1.94. The second-order valence-electron chi connectivity index (χ2n) is 5.76. The number of rotatable bonds is 2. The van der Waals surface area contributed by atoms with Gasteiger partial charge in [0.2, 0.25) is 0 Å². The summed E-state index contributed by atoms with van der Waals surface area (Å²) in [5.41, 5.74) is 10.8. The maximum absolute atomic E-state index is 12.4. The van der Waals surface area contributed by atoms with Gasteiger partial charge in [-0.25, -0.2) is 0 Å². The molecule has 1 atom stereocenters. The van der Waals surface area contributed by atoms with E-state index < -0.39 is 0 Å². The van der Waals surface area contributed by atoms with E-state index in [1.807, 2.05) is 19.1 Å². The molecule has 1 unspecified atom stereocenters. The summed E-state index contributed by atoms with van der Waals surface area (Å²) >= 11 is 0. The molecule has 0 bridgehead atoms. The van der Waals surface area contributed by atoms with Crippen LogP contribution in [0.15, 0.2) is 42.5 Å². The van der Waals surface area contributed by atoms with Gasteiger partial charge < -0.3 is 11.1 Å². The molecule has 0 aromatic heterocycles. The summed E-state index contributed by atoms with van der Waals surface area (Å²) in [4.78, 5) is 12.4. The zero-order valence-corrected chi connectivity index (χ0v) is 12.2. The van der Waals surface area contributed by atoms with E-state index in [1.165, 1.54) is 11.1 Å². The van der Waals surface area contributed by atoms with Gasteiger partial charge >= 0.3 is 0 Å². The molecule has 0 aliphatic heterocycles. The molecule has 0 heterocycles. The second kappa shape index (κ2) is 5.60. The van der Waals surface area contributed by atoms with Crippen LogP contribution >= 0.6 is 0 Å². The van der Waals surface area contributed by atoms with E-state index in [-0.39, 0.29) is 11.9 Å². The number of amides is 1. The van der Waals surface area contributed by atoms with Crippen molar-refractivity contribution in [3.63, 3.8) is 0 Å². The summed E-state index contributed by atoms with van der Waals surface area (Å²) in [5, 5.41) is 3.15. The standard InChI is InChI=1S/C18H20N2O/c1-12-6-8-15(19)11-17(12)18(21)20-16-9-7-13-4-2-3-5-14(13)10-16/h2-6,8,11,16H,7,9-10,19H2,1H3,(H,20,21). The number of carbonyl (C=O) groups is 1. The Morgan fingerprint density at radius 2 is 1.95 bits per heavy atom. The van der Waals surface area contributed by atoms with Gasteiger partial charge in [-0.3, -0.25) is 4.79 Å². The molecule has 0 fully saturated rings. The number of nitrogens with two attached hydrogens (primary N) is 1. The van der Waals surface area contributed by atoms with Crippen molar-refractivity contribution in [2.75, 3.05) is 5.73 Å². The molecular weight excluding hydrogens is 260 g/mol. The number of carbonyl (C=O) groups excluding carboxylic acids is 1. The van der Waals surface area contributed by atoms with E-state index in [0.29, 0.717) is 11.3 Å². The van der Waals surface area contributed by atoms with Crippen LogP contribution in [-0.4, -0.2) is 11.9 Å². The number of anilines is 1. The largest absolute Gasteiger partial charge is 0.399 e. The topological polar surface area (TPSA) is 55.1 Å². The van der Waals surface area contributed by atoms with Crippen LogP contribution in [0.5, 0.6) is 0 Å². The molecule has 1 amide bonds. The first-order valence-electron chi connectivity index (χ1n) is 7.37. The van der Waals surface area contributed by atoms with E-state index >= 15 is 0 Å². The maximum Gasteiger partial charge on any atom is 0.251 e. The maximum atomic E-state index is 12.4. The second-order valence-corrected chi connectivity index (χ2v) is 5.76. The molecule has 3 rings (SSSR count). The Morgan fingerprint density at radius 1 is 1.19 bits per heavy atom. The minimum atomic E-state index is -0.0239. The molecule has 3 heteroatoms. The van der Waals surface area contributed by atoms with Crippen molar-refractivity contribution in [3.05, 3.63) is 64.7 Å². The van der Waals surface area contributed by atoms with E-state index in [0.717, 1.165) is 24.8 Å². The third-order valence-corrected chi connectivity index (χ3v) is 4.19. The molecule has 108 valence electrons. The van der Waals surface area contributed by atoms with E-state index in [4.69, 9.17) is 5.73 Å². The molecule has 1 aliphatic carbocycles. The van der Waals surface area contributed by atoms with Crippen molar-refractivity contribution in [1.29, 1.82) is 0 Å². The van der Waals surface area contributed by atoms with Gasteiger partial charge in [0.25, 0.3) is 5.91 Å². The highest BCUT2D eigenvalue weighted by Gasteiger charge is 2.21. The fraction of sp³-hybridized carbons (Fsp3) is 0.278. The van der Waals surface area contributed by atoms with Crippen molar-refractivity contribution in [2.45, 2.75) is 32.2 Å². The quantitative estimate of drug-likeness (QED) is 0.831. The molecule has 0 spiro atoms. The molecule has 21 heavy (non-hydrogen) atoms. The highest BCUT2D eigenvalue weighted by Crippen LogP contribution is 2.21. The number of hydrogen-bond acceptors (Lipinski definition) is 2. The van der Waals surface area contributed by atoms with Crippen LogP contribution in [0.4, 0.5) is 5.69 Å². The van der Waals surface area contributed by atoms with Crippen LogP contribution in [0.1, 0.15) is 33.5 Å². The predicted octanol–water partition coefficient (Wildman–Crippen LogP) is 2.86. The summed E-state index contributed by atoms with van der Waals surface area (Å²) in [5.74, 6) is -0.0239. The molecule has 0 radical (unpaired) electrons. The number of aryl methyl sites for hydroxylation is 2. The zero-order chi connectivity index (χ0) is 14.8. The van der Waals surface area contributed by atoms with Gasteiger partial charge in [0.05, 0.1) is 0 Å². The van der Waals surface area contributed by atoms with Gasteiger partial charge in [-0.05, 0) is 55.0 Å². The Hall–Kier alpha value is -2.29. The van der Waals surface area contributed by atoms with Gasteiger partial charge in [-0.1, -0.05) is 30.3 Å². The molecule has 2 aromatic carbocycles. The minimum Gasteiger partial charge on any atom is -0.399 e. The van der Waals surface area contributed by atoms with Crippen molar-refractivity contribution in [1.82, 2.24) is 5.32 Å². The Bertz CT molecular complexity index is 679. The third-order valence-electron chi connectivity index (χ3n) is 4.19. The van der Waals surface area contributed by atoms with Crippen molar-refractivity contribution in [2.24, 2.45) is 0 Å². The fourth-order valence-electron chi connectivity index (χ4n) is 2.97. The van der Waals surface area contributed by atoms with E-state index in [2.05, 4.69) is 29.6 Å². The van der Waals surface area contributed by atoms with E-state index in [1.54, 1.807) is 6.07 Å². The predicted molar refractivity (Wildman–Crippen MR) is 85.3 cm³/mol. The Balaban J connectivity index is 1.73. The average Bonchev–Trinajstić information content (AvgIpc) is 2.49. The monoisotopic (exact) mass is 280 g/mol. The summed E-state index contributed by atoms with van der Waals surface area (Å²) in [6, 6.07) is 14.1. The average molecular weight is 280 g/mol. The highest BCUT2D eigenvalue weighted by molar-refractivity contribution is 5.96.